The molecule has 172 valence electrons. The number of hydrogen-bond acceptors (Lipinski definition) is 7. The Kier molecular flexibility index (Phi) is 10.8. The predicted octanol–water partition coefficient (Wildman–Crippen LogP) is 5.25. The van der Waals surface area contributed by atoms with E-state index in [1.807, 2.05) is 27.7 Å². The number of nitrogens with zero attached hydrogens (tertiary/aromatic N) is 1. The van der Waals surface area contributed by atoms with Crippen LogP contribution in [-0.4, -0.2) is 65.8 Å². The maximum atomic E-state index is 12.4. The molecule has 0 aromatic carbocycles. The lowest BCUT2D eigenvalue weighted by molar-refractivity contribution is -0.118. The van der Waals surface area contributed by atoms with E-state index in [0.29, 0.717) is 12.4 Å². The highest BCUT2D eigenvalue weighted by molar-refractivity contribution is 8.13. The Bertz CT molecular complexity index is 518. The molecule has 5 unspecified atom stereocenters. The number of hydrogen-bond donors (Lipinski definition) is 0. The highest BCUT2D eigenvalue weighted by Gasteiger charge is 2.44. The van der Waals surface area contributed by atoms with Crippen molar-refractivity contribution in [3.63, 3.8) is 0 Å². The van der Waals surface area contributed by atoms with Crippen LogP contribution in [0, 0.1) is 5.41 Å². The molecule has 0 aromatic rings. The minimum Gasteiger partial charge on any atom is -0.376 e. The van der Waals surface area contributed by atoms with Gasteiger partial charge < -0.3 is 18.5 Å². The first kappa shape index (κ1) is 25.5. The Hall–Kier alpha value is 0.250. The Morgan fingerprint density at radius 2 is 1.86 bits per heavy atom. The van der Waals surface area contributed by atoms with Gasteiger partial charge in [0, 0.05) is 31.7 Å². The second-order valence-electron chi connectivity index (χ2n) is 8.66. The highest BCUT2D eigenvalue weighted by atomic mass is 32.2. The van der Waals surface area contributed by atoms with Crippen LogP contribution in [0.4, 0.5) is 0 Å². The van der Waals surface area contributed by atoms with Gasteiger partial charge in [0.05, 0.1) is 18.8 Å². The summed E-state index contributed by atoms with van der Waals surface area (Å²) >= 11 is 1.32. The topological polar surface area (TPSA) is 57.2 Å². The number of carbonyl (C=O) groups is 1. The minimum absolute atomic E-state index is 0.109. The van der Waals surface area contributed by atoms with Crippen LogP contribution in [0.25, 0.3) is 0 Å². The van der Waals surface area contributed by atoms with Crippen LogP contribution < -0.4 is 0 Å². The number of rotatable bonds is 12. The van der Waals surface area contributed by atoms with Crippen molar-refractivity contribution in [1.82, 2.24) is 4.67 Å². The molecule has 0 spiro atoms. The SMILES string of the molecule is [2H]CC1OC(C)C(OC)C1OP(OCCSC(=O)C(C)(C)CC)N(C(C)C)C(C)C. The second-order valence-corrected chi connectivity index (χ2v) is 11.1. The fraction of sp³-hybridized carbons (Fsp3) is 0.952. The standard InChI is InChI=1S/C21H42NO5PS/c1-11-21(8,9)20(23)29-13-12-25-28(22(14(2)3)15(4)5)27-19-17(7)26-16(6)18(19)24-10/h14-19H,11-13H2,1-10H3/i7D. The Morgan fingerprint density at radius 3 is 2.34 bits per heavy atom. The first-order chi connectivity index (χ1) is 14.0. The van der Waals surface area contributed by atoms with Crippen LogP contribution in [0.15, 0.2) is 0 Å². The molecule has 0 N–H and O–H groups in total. The zero-order valence-corrected chi connectivity index (χ0v) is 21.3. The van der Waals surface area contributed by atoms with Gasteiger partial charge in [-0.15, -0.1) is 0 Å². The summed E-state index contributed by atoms with van der Waals surface area (Å²) in [7, 11) is 0.255. The van der Waals surface area contributed by atoms with Crippen LogP contribution in [0.1, 0.15) is 70.1 Å². The first-order valence-corrected chi connectivity index (χ1v) is 12.6. The molecule has 0 radical (unpaired) electrons. The van der Waals surface area contributed by atoms with E-state index in [9.17, 15) is 4.79 Å². The lowest BCUT2D eigenvalue weighted by atomic mass is 9.92. The third-order valence-electron chi connectivity index (χ3n) is 5.23. The van der Waals surface area contributed by atoms with E-state index >= 15 is 0 Å². The van der Waals surface area contributed by atoms with Gasteiger partial charge in [0.15, 0.2) is 5.12 Å². The fourth-order valence-electron chi connectivity index (χ4n) is 3.18. The van der Waals surface area contributed by atoms with Gasteiger partial charge in [-0.1, -0.05) is 32.5 Å². The van der Waals surface area contributed by atoms with Gasteiger partial charge in [-0.2, -0.15) is 0 Å². The van der Waals surface area contributed by atoms with E-state index in [2.05, 4.69) is 32.4 Å². The lowest BCUT2D eigenvalue weighted by Crippen LogP contribution is -2.39. The molecule has 1 aliphatic rings. The van der Waals surface area contributed by atoms with Crippen molar-refractivity contribution in [2.45, 2.75) is 105 Å². The summed E-state index contributed by atoms with van der Waals surface area (Å²) in [5, 5.41) is 0.190. The van der Waals surface area contributed by atoms with Crippen molar-refractivity contribution in [2.24, 2.45) is 5.41 Å². The minimum atomic E-state index is -1.39. The molecular weight excluding hydrogens is 409 g/mol. The van der Waals surface area contributed by atoms with Crippen molar-refractivity contribution in [3.05, 3.63) is 0 Å². The molecule has 1 fully saturated rings. The molecular formula is C21H42NO5PS. The average molecular weight is 453 g/mol. The molecule has 6 nitrogen and oxygen atoms in total. The van der Waals surface area contributed by atoms with Gasteiger partial charge in [-0.25, -0.2) is 4.67 Å². The van der Waals surface area contributed by atoms with Crippen molar-refractivity contribution in [3.8, 4) is 0 Å². The number of methoxy groups -OCH3 is 1. The maximum absolute atomic E-state index is 12.4. The Balaban J connectivity index is 2.86. The fourth-order valence-corrected chi connectivity index (χ4v) is 5.96. The van der Waals surface area contributed by atoms with Gasteiger partial charge in [-0.3, -0.25) is 4.79 Å². The molecule has 1 aliphatic heterocycles. The monoisotopic (exact) mass is 452 g/mol. The van der Waals surface area contributed by atoms with Gasteiger partial charge in [0.1, 0.15) is 12.2 Å². The molecule has 1 rings (SSSR count). The number of ether oxygens (including phenoxy) is 2. The summed E-state index contributed by atoms with van der Waals surface area (Å²) in [6, 6.07) is 0.444. The van der Waals surface area contributed by atoms with Crippen molar-refractivity contribution >= 4 is 25.4 Å². The van der Waals surface area contributed by atoms with Crippen LogP contribution >= 0.6 is 20.3 Å². The van der Waals surface area contributed by atoms with E-state index in [-0.39, 0.29) is 53.9 Å². The normalized spacial score (nSPS) is 27.1. The van der Waals surface area contributed by atoms with Crippen molar-refractivity contribution in [2.75, 3.05) is 19.5 Å². The molecule has 1 heterocycles. The number of thioether (sulfide) groups is 1. The van der Waals surface area contributed by atoms with Gasteiger partial charge >= 0.3 is 0 Å². The Morgan fingerprint density at radius 1 is 1.24 bits per heavy atom. The van der Waals surface area contributed by atoms with Crippen LogP contribution in [0.5, 0.6) is 0 Å². The van der Waals surface area contributed by atoms with E-state index in [1.165, 1.54) is 11.8 Å². The first-order valence-electron chi connectivity index (χ1n) is 11.2. The third-order valence-corrected chi connectivity index (χ3v) is 8.54. The maximum Gasteiger partial charge on any atom is 0.259 e. The smallest absolute Gasteiger partial charge is 0.259 e. The average Bonchev–Trinajstić information content (AvgIpc) is 2.98. The molecule has 5 atom stereocenters. The molecule has 8 heteroatoms. The summed E-state index contributed by atoms with van der Waals surface area (Å²) < 4.78 is 34.3. The summed E-state index contributed by atoms with van der Waals surface area (Å²) in [5.41, 5.74) is -0.321. The van der Waals surface area contributed by atoms with Crippen LogP contribution in [0.2, 0.25) is 0 Å². The molecule has 0 aromatic heterocycles. The zero-order valence-electron chi connectivity index (χ0n) is 20.6. The van der Waals surface area contributed by atoms with Gasteiger partial charge in [0.2, 0.25) is 0 Å². The van der Waals surface area contributed by atoms with Crippen molar-refractivity contribution in [1.29, 1.82) is 0 Å². The summed E-state index contributed by atoms with van der Waals surface area (Å²) in [6.07, 6.45) is -0.265. The van der Waals surface area contributed by atoms with E-state index in [0.717, 1.165) is 6.42 Å². The second kappa shape index (κ2) is 12.3. The van der Waals surface area contributed by atoms with E-state index in [1.54, 1.807) is 7.11 Å². The summed E-state index contributed by atoms with van der Waals surface area (Å²) in [5.74, 6) is 0.585. The van der Waals surface area contributed by atoms with Crippen LogP contribution in [0.3, 0.4) is 0 Å². The highest BCUT2D eigenvalue weighted by Crippen LogP contribution is 2.49. The zero-order chi connectivity index (χ0) is 23.1. The quantitative estimate of drug-likeness (QED) is 0.296. The van der Waals surface area contributed by atoms with Crippen molar-refractivity contribution < 1.29 is 24.7 Å². The molecule has 0 aliphatic carbocycles. The van der Waals surface area contributed by atoms with Gasteiger partial charge in [-0.05, 0) is 47.9 Å². The third kappa shape index (κ3) is 7.71. The summed E-state index contributed by atoms with van der Waals surface area (Å²) in [6.45, 7) is 16.9. The Labute approximate surface area is 185 Å². The molecule has 0 saturated carbocycles. The predicted molar refractivity (Wildman–Crippen MR) is 122 cm³/mol. The lowest BCUT2D eigenvalue weighted by Gasteiger charge is -2.38. The van der Waals surface area contributed by atoms with Gasteiger partial charge in [0.25, 0.3) is 8.53 Å². The van der Waals surface area contributed by atoms with E-state index < -0.39 is 8.53 Å². The number of carbonyl (C=O) groups excluding carboxylic acids is 1. The molecule has 1 saturated heterocycles. The molecule has 29 heavy (non-hydrogen) atoms. The largest absolute Gasteiger partial charge is 0.376 e. The molecule has 0 bridgehead atoms. The van der Waals surface area contributed by atoms with E-state index in [4.69, 9.17) is 19.9 Å². The molecule has 0 amide bonds. The van der Waals surface area contributed by atoms with Crippen LogP contribution in [-0.2, 0) is 23.3 Å². The summed E-state index contributed by atoms with van der Waals surface area (Å²) in [4.78, 5) is 12.4.